The lowest BCUT2D eigenvalue weighted by Crippen LogP contribution is -2.46. The standard InChI is InChI=1S/C16H20N8O/c1-11-18-14-8-17-9-15(24(14)20-11)23-6-4-22(5-7-23)10-13-19-16(25-21-13)12-2-3-12/h8-9,12H,2-7,10H2,1H3. The van der Waals surface area contributed by atoms with Crippen molar-refractivity contribution in [2.45, 2.75) is 32.2 Å². The molecule has 9 heteroatoms. The Balaban J connectivity index is 1.25. The Hall–Kier alpha value is -2.55. The molecule has 0 aromatic carbocycles. The first-order valence-electron chi connectivity index (χ1n) is 8.73. The third-order valence-electron chi connectivity index (χ3n) is 4.81. The molecule has 2 aliphatic rings. The quantitative estimate of drug-likeness (QED) is 0.695. The highest BCUT2D eigenvalue weighted by Gasteiger charge is 2.30. The summed E-state index contributed by atoms with van der Waals surface area (Å²) in [6.45, 7) is 6.35. The minimum atomic E-state index is 0.511. The van der Waals surface area contributed by atoms with Crippen LogP contribution in [0.4, 0.5) is 5.82 Å². The van der Waals surface area contributed by atoms with E-state index in [2.05, 4.69) is 35.0 Å². The number of aromatic nitrogens is 6. The van der Waals surface area contributed by atoms with Crippen molar-refractivity contribution in [1.82, 2.24) is 34.6 Å². The maximum Gasteiger partial charge on any atom is 0.229 e. The zero-order valence-corrected chi connectivity index (χ0v) is 14.2. The van der Waals surface area contributed by atoms with E-state index in [1.807, 2.05) is 17.6 Å². The van der Waals surface area contributed by atoms with Gasteiger partial charge in [-0.05, 0) is 19.8 Å². The van der Waals surface area contributed by atoms with Gasteiger partial charge in [-0.3, -0.25) is 9.88 Å². The summed E-state index contributed by atoms with van der Waals surface area (Å²) in [7, 11) is 0. The van der Waals surface area contributed by atoms with Crippen LogP contribution in [0.3, 0.4) is 0 Å². The number of rotatable bonds is 4. The molecule has 0 amide bonds. The summed E-state index contributed by atoms with van der Waals surface area (Å²) in [6.07, 6.45) is 5.97. The molecule has 0 N–H and O–H groups in total. The number of nitrogens with zero attached hydrogens (tertiary/aromatic N) is 8. The van der Waals surface area contributed by atoms with Crippen molar-refractivity contribution in [2.24, 2.45) is 0 Å². The molecule has 1 saturated carbocycles. The lowest BCUT2D eigenvalue weighted by molar-refractivity contribution is 0.239. The fourth-order valence-electron chi connectivity index (χ4n) is 3.29. The van der Waals surface area contributed by atoms with Gasteiger partial charge < -0.3 is 9.42 Å². The molecule has 25 heavy (non-hydrogen) atoms. The summed E-state index contributed by atoms with van der Waals surface area (Å²) in [4.78, 5) is 17.9. The van der Waals surface area contributed by atoms with Crippen LogP contribution in [0.15, 0.2) is 16.9 Å². The van der Waals surface area contributed by atoms with Crippen molar-refractivity contribution >= 4 is 11.5 Å². The normalized spacial score (nSPS) is 19.0. The van der Waals surface area contributed by atoms with E-state index in [1.54, 1.807) is 6.20 Å². The molecule has 2 fully saturated rings. The number of fused-ring (bicyclic) bond motifs is 1. The Kier molecular flexibility index (Phi) is 3.40. The van der Waals surface area contributed by atoms with Crippen molar-refractivity contribution in [3.63, 3.8) is 0 Å². The summed E-state index contributed by atoms with van der Waals surface area (Å²) >= 11 is 0. The number of piperazine rings is 1. The maximum atomic E-state index is 5.35. The topological polar surface area (TPSA) is 88.5 Å². The fraction of sp³-hybridized carbons (Fsp3) is 0.562. The molecule has 4 heterocycles. The first-order valence-corrected chi connectivity index (χ1v) is 8.73. The predicted molar refractivity (Wildman–Crippen MR) is 89.3 cm³/mol. The van der Waals surface area contributed by atoms with Gasteiger partial charge >= 0.3 is 0 Å². The van der Waals surface area contributed by atoms with Gasteiger partial charge in [0.05, 0.1) is 18.9 Å². The Morgan fingerprint density at radius 1 is 1.12 bits per heavy atom. The molecule has 130 valence electrons. The summed E-state index contributed by atoms with van der Waals surface area (Å²) in [5.74, 6) is 3.88. The second-order valence-corrected chi connectivity index (χ2v) is 6.78. The molecule has 1 aliphatic heterocycles. The molecular weight excluding hydrogens is 320 g/mol. The van der Waals surface area contributed by atoms with E-state index in [1.165, 1.54) is 12.8 Å². The second kappa shape index (κ2) is 5.76. The molecule has 0 unspecified atom stereocenters. The van der Waals surface area contributed by atoms with Gasteiger partial charge in [-0.25, -0.2) is 4.98 Å². The summed E-state index contributed by atoms with van der Waals surface area (Å²) in [5, 5.41) is 8.60. The molecule has 0 bridgehead atoms. The second-order valence-electron chi connectivity index (χ2n) is 6.78. The minimum Gasteiger partial charge on any atom is -0.353 e. The van der Waals surface area contributed by atoms with Gasteiger partial charge in [-0.1, -0.05) is 5.16 Å². The van der Waals surface area contributed by atoms with Gasteiger partial charge in [-0.15, -0.1) is 5.10 Å². The van der Waals surface area contributed by atoms with E-state index < -0.39 is 0 Å². The Morgan fingerprint density at radius 3 is 2.76 bits per heavy atom. The van der Waals surface area contributed by atoms with Crippen LogP contribution >= 0.6 is 0 Å². The molecule has 0 atom stereocenters. The SMILES string of the molecule is Cc1nc2cncc(N3CCN(Cc4noc(C5CC5)n4)CC3)n2n1. The minimum absolute atomic E-state index is 0.511. The number of hydrogen-bond acceptors (Lipinski definition) is 8. The predicted octanol–water partition coefficient (Wildman–Crippen LogP) is 1.02. The van der Waals surface area contributed by atoms with Gasteiger partial charge in [-0.2, -0.15) is 9.50 Å². The highest BCUT2D eigenvalue weighted by Crippen LogP contribution is 2.38. The maximum absolute atomic E-state index is 5.35. The van der Waals surface area contributed by atoms with E-state index >= 15 is 0 Å². The van der Waals surface area contributed by atoms with Crippen LogP contribution in [-0.4, -0.2) is 60.8 Å². The monoisotopic (exact) mass is 340 g/mol. The van der Waals surface area contributed by atoms with Crippen LogP contribution in [0.2, 0.25) is 0 Å². The fourth-order valence-corrected chi connectivity index (χ4v) is 3.29. The molecule has 0 spiro atoms. The van der Waals surface area contributed by atoms with Crippen LogP contribution in [0.1, 0.15) is 36.3 Å². The number of aryl methyl sites for hydroxylation is 1. The largest absolute Gasteiger partial charge is 0.353 e. The van der Waals surface area contributed by atoms with Crippen molar-refractivity contribution in [3.05, 3.63) is 29.9 Å². The lowest BCUT2D eigenvalue weighted by Gasteiger charge is -2.35. The summed E-state index contributed by atoms with van der Waals surface area (Å²) < 4.78 is 7.22. The summed E-state index contributed by atoms with van der Waals surface area (Å²) in [6, 6.07) is 0. The number of anilines is 1. The van der Waals surface area contributed by atoms with Crippen LogP contribution in [0.25, 0.3) is 5.65 Å². The lowest BCUT2D eigenvalue weighted by atomic mass is 10.3. The van der Waals surface area contributed by atoms with E-state index in [-0.39, 0.29) is 0 Å². The van der Waals surface area contributed by atoms with Crippen LogP contribution < -0.4 is 4.90 Å². The smallest absolute Gasteiger partial charge is 0.229 e. The van der Waals surface area contributed by atoms with Gasteiger partial charge in [0.25, 0.3) is 0 Å². The first-order chi connectivity index (χ1) is 12.3. The van der Waals surface area contributed by atoms with Crippen molar-refractivity contribution < 1.29 is 4.52 Å². The Labute approximate surface area is 144 Å². The van der Waals surface area contributed by atoms with E-state index in [0.717, 1.165) is 61.7 Å². The Bertz CT molecular complexity index is 891. The molecule has 1 aliphatic carbocycles. The highest BCUT2D eigenvalue weighted by atomic mass is 16.5. The van der Waals surface area contributed by atoms with E-state index in [9.17, 15) is 0 Å². The summed E-state index contributed by atoms with van der Waals surface area (Å²) in [5.41, 5.74) is 0.789. The third-order valence-corrected chi connectivity index (χ3v) is 4.81. The van der Waals surface area contributed by atoms with Crippen LogP contribution in [-0.2, 0) is 6.54 Å². The van der Waals surface area contributed by atoms with E-state index in [0.29, 0.717) is 5.92 Å². The Morgan fingerprint density at radius 2 is 1.96 bits per heavy atom. The molecule has 1 saturated heterocycles. The van der Waals surface area contributed by atoms with Gasteiger partial charge in [0, 0.05) is 32.1 Å². The van der Waals surface area contributed by atoms with Gasteiger partial charge in [0.1, 0.15) is 5.82 Å². The zero-order chi connectivity index (χ0) is 16.8. The highest BCUT2D eigenvalue weighted by molar-refractivity contribution is 5.47. The molecule has 3 aromatic heterocycles. The first kappa shape index (κ1) is 14.8. The van der Waals surface area contributed by atoms with E-state index in [4.69, 9.17) is 4.52 Å². The molecule has 3 aromatic rings. The number of hydrogen-bond donors (Lipinski definition) is 0. The molecular formula is C16H20N8O. The molecule has 5 rings (SSSR count). The zero-order valence-electron chi connectivity index (χ0n) is 14.2. The average molecular weight is 340 g/mol. The molecule has 0 radical (unpaired) electrons. The van der Waals surface area contributed by atoms with Crippen molar-refractivity contribution in [1.29, 1.82) is 0 Å². The van der Waals surface area contributed by atoms with Gasteiger partial charge in [0.15, 0.2) is 17.3 Å². The third kappa shape index (κ3) is 2.84. The molecule has 9 nitrogen and oxygen atoms in total. The van der Waals surface area contributed by atoms with Crippen molar-refractivity contribution in [2.75, 3.05) is 31.1 Å². The van der Waals surface area contributed by atoms with Crippen molar-refractivity contribution in [3.8, 4) is 0 Å². The van der Waals surface area contributed by atoms with Crippen LogP contribution in [0, 0.1) is 6.92 Å². The van der Waals surface area contributed by atoms with Gasteiger partial charge in [0.2, 0.25) is 5.89 Å². The average Bonchev–Trinajstić information content (AvgIpc) is 3.24. The van der Waals surface area contributed by atoms with Crippen LogP contribution in [0.5, 0.6) is 0 Å².